The molecular formula is C15H19N3O3. The van der Waals surface area contributed by atoms with Crippen LogP contribution in [-0.2, 0) is 11.2 Å². The van der Waals surface area contributed by atoms with Crippen molar-refractivity contribution in [2.45, 2.75) is 50.2 Å². The number of nitrogens with one attached hydrogen (secondary N) is 2. The van der Waals surface area contributed by atoms with Crippen LogP contribution in [0, 0.1) is 10.1 Å². The first-order chi connectivity index (χ1) is 10.1. The van der Waals surface area contributed by atoms with Gasteiger partial charge in [0.15, 0.2) is 0 Å². The molecule has 2 atom stereocenters. The largest absolute Gasteiger partial charge is 0.353 e. The molecule has 6 nitrogen and oxygen atoms in total. The summed E-state index contributed by atoms with van der Waals surface area (Å²) in [7, 11) is 0. The van der Waals surface area contributed by atoms with Crippen LogP contribution in [0.15, 0.2) is 24.3 Å². The second kappa shape index (κ2) is 5.81. The first-order valence-corrected chi connectivity index (χ1v) is 7.39. The SMILES string of the molecule is O=C(Cc1ccccc1[N+](=O)[O-])NC1CC2CCC(C1)N2. The van der Waals surface area contributed by atoms with Crippen LogP contribution in [0.3, 0.4) is 0 Å². The molecule has 0 spiro atoms. The normalized spacial score (nSPS) is 27.3. The summed E-state index contributed by atoms with van der Waals surface area (Å²) in [5, 5.41) is 17.5. The minimum Gasteiger partial charge on any atom is -0.353 e. The van der Waals surface area contributed by atoms with Crippen molar-refractivity contribution in [3.05, 3.63) is 39.9 Å². The Bertz CT molecular complexity index is 549. The molecule has 2 N–H and O–H groups in total. The number of benzene rings is 1. The lowest BCUT2D eigenvalue weighted by molar-refractivity contribution is -0.385. The quantitative estimate of drug-likeness (QED) is 0.650. The van der Waals surface area contributed by atoms with E-state index in [4.69, 9.17) is 0 Å². The molecule has 0 aromatic heterocycles. The Morgan fingerprint density at radius 2 is 1.95 bits per heavy atom. The highest BCUT2D eigenvalue weighted by Crippen LogP contribution is 2.27. The average molecular weight is 289 g/mol. The number of carbonyl (C=O) groups is 1. The highest BCUT2D eigenvalue weighted by atomic mass is 16.6. The summed E-state index contributed by atoms with van der Waals surface area (Å²) < 4.78 is 0. The lowest BCUT2D eigenvalue weighted by Gasteiger charge is -2.29. The van der Waals surface area contributed by atoms with Crippen LogP contribution >= 0.6 is 0 Å². The molecule has 0 aliphatic carbocycles. The number of piperidine rings is 1. The van der Waals surface area contributed by atoms with Gasteiger partial charge >= 0.3 is 0 Å². The van der Waals surface area contributed by atoms with Crippen molar-refractivity contribution in [1.82, 2.24) is 10.6 Å². The minimum absolute atomic E-state index is 0.0121. The second-order valence-corrected chi connectivity index (χ2v) is 5.94. The molecule has 2 bridgehead atoms. The molecule has 1 aromatic rings. The standard InChI is InChI=1S/C15H19N3O3/c19-15(7-10-3-1-2-4-14(10)18(20)21)17-13-8-11-5-6-12(9-13)16-11/h1-4,11-13,16H,5-9H2,(H,17,19). The third-order valence-corrected chi connectivity index (χ3v) is 4.38. The molecule has 2 aliphatic heterocycles. The number of hydrogen-bond acceptors (Lipinski definition) is 4. The number of carbonyl (C=O) groups excluding carboxylic acids is 1. The summed E-state index contributed by atoms with van der Waals surface area (Å²) in [6.45, 7) is 0. The van der Waals surface area contributed by atoms with Crippen molar-refractivity contribution < 1.29 is 9.72 Å². The van der Waals surface area contributed by atoms with Crippen LogP contribution in [0.4, 0.5) is 5.69 Å². The molecule has 2 aliphatic rings. The molecule has 2 heterocycles. The zero-order chi connectivity index (χ0) is 14.8. The second-order valence-electron chi connectivity index (χ2n) is 5.94. The highest BCUT2D eigenvalue weighted by Gasteiger charge is 2.34. The Balaban J connectivity index is 1.61. The summed E-state index contributed by atoms with van der Waals surface area (Å²) in [4.78, 5) is 22.7. The van der Waals surface area contributed by atoms with E-state index in [9.17, 15) is 14.9 Å². The van der Waals surface area contributed by atoms with E-state index in [-0.39, 0.29) is 24.1 Å². The van der Waals surface area contributed by atoms with Crippen molar-refractivity contribution in [3.63, 3.8) is 0 Å². The Morgan fingerprint density at radius 3 is 2.62 bits per heavy atom. The highest BCUT2D eigenvalue weighted by molar-refractivity contribution is 5.80. The van der Waals surface area contributed by atoms with Gasteiger partial charge in [0.25, 0.3) is 5.69 Å². The van der Waals surface area contributed by atoms with Gasteiger partial charge in [-0.2, -0.15) is 0 Å². The van der Waals surface area contributed by atoms with Crippen LogP contribution < -0.4 is 10.6 Å². The third kappa shape index (κ3) is 3.21. The summed E-state index contributed by atoms with van der Waals surface area (Å²) in [5.74, 6) is -0.129. The number of rotatable bonds is 4. The number of hydrogen-bond donors (Lipinski definition) is 2. The third-order valence-electron chi connectivity index (χ3n) is 4.38. The number of amides is 1. The molecule has 112 valence electrons. The molecule has 6 heteroatoms. The molecule has 1 amide bonds. The molecule has 0 radical (unpaired) electrons. The van der Waals surface area contributed by atoms with E-state index in [0.717, 1.165) is 12.8 Å². The summed E-state index contributed by atoms with van der Waals surface area (Å²) in [6.07, 6.45) is 4.34. The zero-order valence-corrected chi connectivity index (χ0v) is 11.7. The van der Waals surface area contributed by atoms with E-state index in [1.165, 1.54) is 18.9 Å². The lowest BCUT2D eigenvalue weighted by Crippen LogP contribution is -2.48. The van der Waals surface area contributed by atoms with Crippen LogP contribution in [0.25, 0.3) is 0 Å². The summed E-state index contributed by atoms with van der Waals surface area (Å²) in [5.41, 5.74) is 0.481. The van der Waals surface area contributed by atoms with Gasteiger partial charge < -0.3 is 10.6 Å². The van der Waals surface area contributed by atoms with Gasteiger partial charge in [-0.3, -0.25) is 14.9 Å². The maximum Gasteiger partial charge on any atom is 0.273 e. The van der Waals surface area contributed by atoms with Crippen molar-refractivity contribution in [3.8, 4) is 0 Å². The molecule has 2 saturated heterocycles. The Hall–Kier alpha value is -1.95. The number of fused-ring (bicyclic) bond motifs is 2. The van der Waals surface area contributed by atoms with Gasteiger partial charge in [-0.25, -0.2) is 0 Å². The molecule has 2 unspecified atom stereocenters. The number of para-hydroxylation sites is 1. The number of nitro groups is 1. The minimum atomic E-state index is -0.437. The smallest absolute Gasteiger partial charge is 0.273 e. The molecule has 3 rings (SSSR count). The van der Waals surface area contributed by atoms with Gasteiger partial charge in [-0.05, 0) is 25.7 Å². The Labute approximate surface area is 123 Å². The van der Waals surface area contributed by atoms with Gasteiger partial charge in [0.2, 0.25) is 5.91 Å². The zero-order valence-electron chi connectivity index (χ0n) is 11.7. The number of nitro benzene ring substituents is 1. The van der Waals surface area contributed by atoms with Crippen LogP contribution in [0.1, 0.15) is 31.2 Å². The van der Waals surface area contributed by atoms with Gasteiger partial charge in [-0.1, -0.05) is 18.2 Å². The monoisotopic (exact) mass is 289 g/mol. The predicted molar refractivity (Wildman–Crippen MR) is 77.9 cm³/mol. The Kier molecular flexibility index (Phi) is 3.88. The molecular weight excluding hydrogens is 270 g/mol. The fourth-order valence-corrected chi connectivity index (χ4v) is 3.47. The molecule has 21 heavy (non-hydrogen) atoms. The average Bonchev–Trinajstić information content (AvgIpc) is 2.78. The van der Waals surface area contributed by atoms with E-state index in [2.05, 4.69) is 10.6 Å². The van der Waals surface area contributed by atoms with E-state index in [0.29, 0.717) is 17.6 Å². The molecule has 0 saturated carbocycles. The summed E-state index contributed by atoms with van der Waals surface area (Å²) in [6, 6.07) is 7.64. The van der Waals surface area contributed by atoms with Crippen LogP contribution in [-0.4, -0.2) is 29.0 Å². The van der Waals surface area contributed by atoms with Crippen LogP contribution in [0.2, 0.25) is 0 Å². The first kappa shape index (κ1) is 14.0. The number of nitrogens with zero attached hydrogens (tertiary/aromatic N) is 1. The van der Waals surface area contributed by atoms with E-state index in [1.807, 2.05) is 0 Å². The van der Waals surface area contributed by atoms with Crippen molar-refractivity contribution in [2.24, 2.45) is 0 Å². The molecule has 2 fully saturated rings. The maximum absolute atomic E-state index is 12.1. The fraction of sp³-hybridized carbons (Fsp3) is 0.533. The topological polar surface area (TPSA) is 84.3 Å². The first-order valence-electron chi connectivity index (χ1n) is 7.39. The van der Waals surface area contributed by atoms with Crippen LogP contribution in [0.5, 0.6) is 0 Å². The summed E-state index contributed by atoms with van der Waals surface area (Å²) >= 11 is 0. The van der Waals surface area contributed by atoms with Crippen molar-refractivity contribution >= 4 is 11.6 Å². The van der Waals surface area contributed by atoms with Gasteiger partial charge in [-0.15, -0.1) is 0 Å². The molecule has 1 aromatic carbocycles. The van der Waals surface area contributed by atoms with E-state index >= 15 is 0 Å². The van der Waals surface area contributed by atoms with E-state index in [1.54, 1.807) is 18.2 Å². The van der Waals surface area contributed by atoms with Gasteiger partial charge in [0.1, 0.15) is 0 Å². The van der Waals surface area contributed by atoms with Gasteiger partial charge in [0.05, 0.1) is 11.3 Å². The van der Waals surface area contributed by atoms with Crippen molar-refractivity contribution in [1.29, 1.82) is 0 Å². The lowest BCUT2D eigenvalue weighted by atomic mass is 9.99. The van der Waals surface area contributed by atoms with Crippen molar-refractivity contribution in [2.75, 3.05) is 0 Å². The maximum atomic E-state index is 12.1. The Morgan fingerprint density at radius 1 is 1.29 bits per heavy atom. The predicted octanol–water partition coefficient (Wildman–Crippen LogP) is 1.54. The fourth-order valence-electron chi connectivity index (χ4n) is 3.47. The van der Waals surface area contributed by atoms with Gasteiger partial charge in [0, 0.05) is 29.8 Å². The van der Waals surface area contributed by atoms with E-state index < -0.39 is 4.92 Å².